The predicted molar refractivity (Wildman–Crippen MR) is 104 cm³/mol. The maximum atomic E-state index is 13.0. The van der Waals surface area contributed by atoms with E-state index in [0.29, 0.717) is 16.3 Å². The van der Waals surface area contributed by atoms with Gasteiger partial charge in [-0.05, 0) is 48.0 Å². The van der Waals surface area contributed by atoms with Gasteiger partial charge in [0, 0.05) is 30.6 Å². The molecule has 0 bridgehead atoms. The van der Waals surface area contributed by atoms with Crippen LogP contribution >= 0.6 is 11.3 Å². The highest BCUT2D eigenvalue weighted by Crippen LogP contribution is 2.29. The summed E-state index contributed by atoms with van der Waals surface area (Å²) in [5.41, 5.74) is 1.23. The monoisotopic (exact) mass is 420 g/mol. The van der Waals surface area contributed by atoms with Gasteiger partial charge in [-0.25, -0.2) is 9.37 Å². The number of aromatic nitrogens is 1. The largest absolute Gasteiger partial charge is 0.416 e. The number of benzene rings is 2. The molecule has 0 spiro atoms. The fraction of sp³-hybridized carbons (Fsp3) is 0.143. The van der Waals surface area contributed by atoms with E-state index in [4.69, 9.17) is 0 Å². The summed E-state index contributed by atoms with van der Waals surface area (Å²) in [6, 6.07) is 10.7. The molecule has 0 aliphatic carbocycles. The molecule has 150 valence electrons. The lowest BCUT2D eigenvalue weighted by molar-refractivity contribution is -0.137. The molecule has 1 heterocycles. The van der Waals surface area contributed by atoms with E-state index < -0.39 is 11.7 Å². The fourth-order valence-corrected chi connectivity index (χ4v) is 3.32. The van der Waals surface area contributed by atoms with Crippen LogP contribution in [0.1, 0.15) is 16.8 Å². The Balaban J connectivity index is 1.61. The van der Waals surface area contributed by atoms with Gasteiger partial charge in [0.2, 0.25) is 5.91 Å². The van der Waals surface area contributed by atoms with Crippen molar-refractivity contribution in [2.75, 3.05) is 7.05 Å². The van der Waals surface area contributed by atoms with Gasteiger partial charge in [0.1, 0.15) is 10.8 Å². The quantitative estimate of drug-likeness (QED) is 0.395. The minimum atomic E-state index is -4.39. The Morgan fingerprint density at radius 1 is 1.10 bits per heavy atom. The topological polar surface area (TPSA) is 33.2 Å². The lowest BCUT2D eigenvalue weighted by Crippen LogP contribution is -2.24. The van der Waals surface area contributed by atoms with E-state index in [0.717, 1.165) is 17.7 Å². The van der Waals surface area contributed by atoms with Crippen molar-refractivity contribution in [2.45, 2.75) is 12.7 Å². The molecule has 0 radical (unpaired) electrons. The maximum Gasteiger partial charge on any atom is 0.416 e. The lowest BCUT2D eigenvalue weighted by atomic mass is 10.1. The first-order chi connectivity index (χ1) is 13.7. The first kappa shape index (κ1) is 20.7. The third-order valence-electron chi connectivity index (χ3n) is 4.09. The summed E-state index contributed by atoms with van der Waals surface area (Å²) in [7, 11) is 1.56. The van der Waals surface area contributed by atoms with Crippen LogP contribution in [-0.2, 0) is 17.5 Å². The van der Waals surface area contributed by atoms with Crippen molar-refractivity contribution in [3.05, 3.63) is 82.6 Å². The average Bonchev–Trinajstić information content (AvgIpc) is 3.15. The third kappa shape index (κ3) is 5.51. The number of alkyl halides is 3. The van der Waals surface area contributed by atoms with Gasteiger partial charge in [-0.2, -0.15) is 13.2 Å². The summed E-state index contributed by atoms with van der Waals surface area (Å²) < 4.78 is 50.8. The molecule has 8 heteroatoms. The normalized spacial score (nSPS) is 11.8. The number of amides is 1. The van der Waals surface area contributed by atoms with Crippen LogP contribution in [0.5, 0.6) is 0 Å². The summed E-state index contributed by atoms with van der Waals surface area (Å²) in [5, 5.41) is 2.48. The number of thiazole rings is 1. The first-order valence-corrected chi connectivity index (χ1v) is 9.41. The molecule has 3 nitrogen and oxygen atoms in total. The van der Waals surface area contributed by atoms with Crippen molar-refractivity contribution < 1.29 is 22.4 Å². The molecule has 0 aliphatic heterocycles. The van der Waals surface area contributed by atoms with Crippen LogP contribution in [-0.4, -0.2) is 22.8 Å². The second-order valence-corrected chi connectivity index (χ2v) is 7.16. The van der Waals surface area contributed by atoms with Gasteiger partial charge in [-0.3, -0.25) is 4.79 Å². The van der Waals surface area contributed by atoms with Crippen molar-refractivity contribution in [3.63, 3.8) is 0 Å². The smallest absolute Gasteiger partial charge is 0.338 e. The van der Waals surface area contributed by atoms with E-state index in [9.17, 15) is 22.4 Å². The van der Waals surface area contributed by atoms with Gasteiger partial charge in [-0.1, -0.05) is 12.1 Å². The number of carbonyl (C=O) groups excluding carboxylic acids is 1. The van der Waals surface area contributed by atoms with Crippen molar-refractivity contribution in [2.24, 2.45) is 0 Å². The Morgan fingerprint density at radius 3 is 2.38 bits per heavy atom. The molecule has 0 saturated carbocycles. The van der Waals surface area contributed by atoms with Crippen LogP contribution in [0.3, 0.4) is 0 Å². The third-order valence-corrected chi connectivity index (χ3v) is 5.00. The van der Waals surface area contributed by atoms with Crippen molar-refractivity contribution in [1.29, 1.82) is 0 Å². The van der Waals surface area contributed by atoms with E-state index in [1.54, 1.807) is 30.6 Å². The Bertz CT molecular complexity index is 1010. The van der Waals surface area contributed by atoms with Gasteiger partial charge in [0.05, 0.1) is 11.3 Å². The number of carbonyl (C=O) groups is 1. The van der Waals surface area contributed by atoms with Crippen molar-refractivity contribution in [3.8, 4) is 10.6 Å². The Hall–Kier alpha value is -3.00. The highest BCUT2D eigenvalue weighted by atomic mass is 32.1. The van der Waals surface area contributed by atoms with Crippen LogP contribution in [0.25, 0.3) is 16.6 Å². The zero-order chi connectivity index (χ0) is 21.0. The van der Waals surface area contributed by atoms with E-state index in [1.165, 1.54) is 46.6 Å². The Morgan fingerprint density at radius 2 is 1.76 bits per heavy atom. The summed E-state index contributed by atoms with van der Waals surface area (Å²) in [5.74, 6) is -0.631. The molecule has 0 N–H and O–H groups in total. The van der Waals surface area contributed by atoms with Crippen LogP contribution < -0.4 is 0 Å². The summed E-state index contributed by atoms with van der Waals surface area (Å²) >= 11 is 1.37. The van der Waals surface area contributed by atoms with Crippen LogP contribution in [0.2, 0.25) is 0 Å². The number of hydrogen-bond donors (Lipinski definition) is 0. The van der Waals surface area contributed by atoms with Gasteiger partial charge in [0.25, 0.3) is 0 Å². The Labute approximate surface area is 168 Å². The van der Waals surface area contributed by atoms with Gasteiger partial charge >= 0.3 is 6.18 Å². The zero-order valence-electron chi connectivity index (χ0n) is 15.3. The molecule has 0 aliphatic rings. The maximum absolute atomic E-state index is 13.0. The molecular weight excluding hydrogens is 404 g/mol. The molecule has 0 unspecified atom stereocenters. The van der Waals surface area contributed by atoms with E-state index >= 15 is 0 Å². The molecule has 3 rings (SSSR count). The highest BCUT2D eigenvalue weighted by molar-refractivity contribution is 7.13. The van der Waals surface area contributed by atoms with Crippen LogP contribution in [0.4, 0.5) is 17.6 Å². The average molecular weight is 420 g/mol. The van der Waals surface area contributed by atoms with Crippen molar-refractivity contribution in [1.82, 2.24) is 9.88 Å². The van der Waals surface area contributed by atoms with Gasteiger partial charge in [0.15, 0.2) is 0 Å². The standard InChI is InChI=1S/C21H16F4N2OS/c1-27(12-14-2-6-16(7-3-14)21(23,24)25)19(28)11-10-18-13-29-20(26-18)15-4-8-17(22)9-5-15/h2-11,13H,12H2,1H3/b11-10+. The SMILES string of the molecule is CN(Cc1ccc(C(F)(F)F)cc1)C(=O)/C=C/c1csc(-c2ccc(F)cc2)n1. The van der Waals surface area contributed by atoms with Gasteiger partial charge < -0.3 is 4.90 Å². The van der Waals surface area contributed by atoms with Crippen LogP contribution in [0, 0.1) is 5.82 Å². The molecular formula is C21H16F4N2OS. The number of halogens is 4. The highest BCUT2D eigenvalue weighted by Gasteiger charge is 2.29. The lowest BCUT2D eigenvalue weighted by Gasteiger charge is -2.15. The Kier molecular flexibility index (Phi) is 6.12. The minimum Gasteiger partial charge on any atom is -0.338 e. The van der Waals surface area contributed by atoms with Crippen LogP contribution in [0.15, 0.2) is 60.0 Å². The van der Waals surface area contributed by atoms with E-state index in [-0.39, 0.29) is 18.3 Å². The zero-order valence-corrected chi connectivity index (χ0v) is 16.1. The molecule has 29 heavy (non-hydrogen) atoms. The van der Waals surface area contributed by atoms with E-state index in [2.05, 4.69) is 4.98 Å². The second kappa shape index (κ2) is 8.57. The summed E-state index contributed by atoms with van der Waals surface area (Å²) in [6.45, 7) is 0.180. The fourth-order valence-electron chi connectivity index (χ4n) is 2.52. The van der Waals surface area contributed by atoms with Crippen molar-refractivity contribution >= 4 is 23.3 Å². The summed E-state index contributed by atoms with van der Waals surface area (Å²) in [4.78, 5) is 18.0. The molecule has 1 amide bonds. The minimum absolute atomic E-state index is 0.180. The summed E-state index contributed by atoms with van der Waals surface area (Å²) in [6.07, 6.45) is -1.47. The molecule has 0 fully saturated rings. The molecule has 0 atom stereocenters. The second-order valence-electron chi connectivity index (χ2n) is 6.31. The number of nitrogens with zero attached hydrogens (tertiary/aromatic N) is 2. The molecule has 1 aromatic heterocycles. The molecule has 3 aromatic rings. The molecule has 0 saturated heterocycles. The number of likely N-dealkylation sites (N-methyl/N-ethyl adjacent to an activating group) is 1. The van der Waals surface area contributed by atoms with Gasteiger partial charge in [-0.15, -0.1) is 11.3 Å². The number of hydrogen-bond acceptors (Lipinski definition) is 3. The first-order valence-electron chi connectivity index (χ1n) is 8.53. The predicted octanol–water partition coefficient (Wildman–Crippen LogP) is 5.64. The van der Waals surface area contributed by atoms with E-state index in [1.807, 2.05) is 0 Å². The number of rotatable bonds is 5. The molecule has 2 aromatic carbocycles.